The summed E-state index contributed by atoms with van der Waals surface area (Å²) in [4.78, 5) is 10.7. The Morgan fingerprint density at radius 2 is 1.53 bits per heavy atom. The van der Waals surface area contributed by atoms with Crippen molar-refractivity contribution in [1.82, 2.24) is 9.97 Å². The minimum absolute atomic E-state index is 0.159. The first-order valence-electron chi connectivity index (χ1n) is 19.7. The molecule has 6 aliphatic carbocycles. The first-order valence-corrected chi connectivity index (χ1v) is 19.7. The van der Waals surface area contributed by atoms with Crippen LogP contribution in [0.25, 0.3) is 5.57 Å². The lowest BCUT2D eigenvalue weighted by atomic mass is 9.60. The highest BCUT2D eigenvalue weighted by Gasteiger charge is 2.61. The lowest BCUT2D eigenvalue weighted by molar-refractivity contribution is 0.280. The van der Waals surface area contributed by atoms with E-state index in [4.69, 9.17) is 14.7 Å². The first-order chi connectivity index (χ1) is 25.2. The van der Waals surface area contributed by atoms with Crippen LogP contribution in [-0.2, 0) is 5.41 Å². The molecule has 1 saturated carbocycles. The van der Waals surface area contributed by atoms with Crippen molar-refractivity contribution in [3.8, 4) is 11.5 Å². The number of benzene rings is 2. The number of rotatable bonds is 4. The molecule has 256 valence electrons. The van der Waals surface area contributed by atoms with E-state index in [1.807, 2.05) is 0 Å². The van der Waals surface area contributed by atoms with Crippen molar-refractivity contribution < 1.29 is 4.74 Å². The molecule has 3 heteroatoms. The summed E-state index contributed by atoms with van der Waals surface area (Å²) < 4.78 is 6.63. The van der Waals surface area contributed by atoms with Gasteiger partial charge < -0.3 is 4.74 Å². The zero-order valence-electron chi connectivity index (χ0n) is 29.8. The number of para-hydroxylation sites is 2. The van der Waals surface area contributed by atoms with Gasteiger partial charge in [-0.15, -0.1) is 0 Å². The van der Waals surface area contributed by atoms with Gasteiger partial charge in [-0.1, -0.05) is 109 Å². The van der Waals surface area contributed by atoms with Gasteiger partial charge >= 0.3 is 0 Å². The first kappa shape index (κ1) is 31.3. The molecule has 0 N–H and O–H groups in total. The normalized spacial score (nSPS) is 29.6. The van der Waals surface area contributed by atoms with Crippen LogP contribution in [0.5, 0.6) is 11.5 Å². The number of fused-ring (bicyclic) bond motifs is 9. The summed E-state index contributed by atoms with van der Waals surface area (Å²) in [7, 11) is 0. The Hall–Kier alpha value is -4.50. The smallest absolute Gasteiger partial charge is 0.136 e. The van der Waals surface area contributed by atoms with Gasteiger partial charge in [-0.25, -0.2) is 9.97 Å². The van der Waals surface area contributed by atoms with Crippen LogP contribution in [0.15, 0.2) is 127 Å². The summed E-state index contributed by atoms with van der Waals surface area (Å²) in [5, 5.41) is 0. The average Bonchev–Trinajstić information content (AvgIpc) is 3.49. The molecule has 2 aromatic carbocycles. The minimum atomic E-state index is -0.159. The van der Waals surface area contributed by atoms with E-state index < -0.39 is 0 Å². The Labute approximate surface area is 303 Å². The summed E-state index contributed by atoms with van der Waals surface area (Å²) in [6.45, 7) is 2.28. The molecule has 6 atom stereocenters. The van der Waals surface area contributed by atoms with Crippen LogP contribution in [0, 0.1) is 30.6 Å². The van der Waals surface area contributed by atoms with Gasteiger partial charge in [0.25, 0.3) is 0 Å². The SMILES string of the molecule is Cc1c(C2=CCCCC2)nc(C2C=CC=CC2)nc1C1C=CC(C2=CCC3C(=C2)C2(c4ccccc4Oc4ccccc42)C2CCC=CC32)CC1. The second-order valence-corrected chi connectivity index (χ2v) is 16.0. The second-order valence-electron chi connectivity index (χ2n) is 16.0. The van der Waals surface area contributed by atoms with Crippen molar-refractivity contribution in [3.63, 3.8) is 0 Å². The number of ether oxygens (including phenoxy) is 1. The molecule has 0 bridgehead atoms. The number of nitrogens with zero attached hydrogens (tertiary/aromatic N) is 2. The van der Waals surface area contributed by atoms with Crippen LogP contribution >= 0.6 is 0 Å². The molecule has 1 fully saturated rings. The van der Waals surface area contributed by atoms with Crippen molar-refractivity contribution in [1.29, 1.82) is 0 Å². The predicted octanol–water partition coefficient (Wildman–Crippen LogP) is 12.0. The van der Waals surface area contributed by atoms with Gasteiger partial charge in [0.1, 0.15) is 17.3 Å². The molecule has 51 heavy (non-hydrogen) atoms. The van der Waals surface area contributed by atoms with Crippen LogP contribution in [0.2, 0.25) is 0 Å². The van der Waals surface area contributed by atoms with Gasteiger partial charge in [0, 0.05) is 28.9 Å². The zero-order chi connectivity index (χ0) is 33.9. The summed E-state index contributed by atoms with van der Waals surface area (Å²) >= 11 is 0. The van der Waals surface area contributed by atoms with Gasteiger partial charge in [-0.05, 0) is 118 Å². The van der Waals surface area contributed by atoms with Gasteiger partial charge in [0.2, 0.25) is 0 Å². The summed E-state index contributed by atoms with van der Waals surface area (Å²) in [6, 6.07) is 17.8. The van der Waals surface area contributed by atoms with Crippen molar-refractivity contribution in [2.24, 2.45) is 23.7 Å². The molecule has 1 aromatic heterocycles. The summed E-state index contributed by atoms with van der Waals surface area (Å²) in [6.07, 6.45) is 38.2. The second kappa shape index (κ2) is 12.6. The van der Waals surface area contributed by atoms with Gasteiger partial charge in [-0.3, -0.25) is 0 Å². The van der Waals surface area contributed by atoms with Crippen LogP contribution in [0.1, 0.15) is 110 Å². The lowest BCUT2D eigenvalue weighted by Gasteiger charge is -2.44. The monoisotopic (exact) mass is 668 g/mol. The molecule has 6 unspecified atom stereocenters. The van der Waals surface area contributed by atoms with E-state index >= 15 is 0 Å². The van der Waals surface area contributed by atoms with E-state index in [9.17, 15) is 0 Å². The maximum atomic E-state index is 6.63. The Balaban J connectivity index is 1.02. The Morgan fingerprint density at radius 3 is 2.27 bits per heavy atom. The number of allylic oxidation sites excluding steroid dienone is 14. The van der Waals surface area contributed by atoms with Crippen molar-refractivity contribution in [2.75, 3.05) is 0 Å². The lowest BCUT2D eigenvalue weighted by Crippen LogP contribution is -2.39. The molecule has 2 heterocycles. The quantitative estimate of drug-likeness (QED) is 0.260. The largest absolute Gasteiger partial charge is 0.457 e. The van der Waals surface area contributed by atoms with E-state index in [0.29, 0.717) is 29.6 Å². The van der Waals surface area contributed by atoms with Crippen molar-refractivity contribution in [3.05, 3.63) is 160 Å². The third-order valence-corrected chi connectivity index (χ3v) is 13.4. The van der Waals surface area contributed by atoms with E-state index in [1.54, 1.807) is 5.57 Å². The van der Waals surface area contributed by atoms with E-state index in [1.165, 1.54) is 58.5 Å². The molecular formula is C48H48N2O. The van der Waals surface area contributed by atoms with Crippen molar-refractivity contribution >= 4 is 5.57 Å². The van der Waals surface area contributed by atoms with Crippen LogP contribution in [-0.4, -0.2) is 9.97 Å². The highest BCUT2D eigenvalue weighted by Crippen LogP contribution is 2.68. The van der Waals surface area contributed by atoms with E-state index in [-0.39, 0.29) is 11.3 Å². The molecule has 0 radical (unpaired) electrons. The topological polar surface area (TPSA) is 35.0 Å². The van der Waals surface area contributed by atoms with Gasteiger partial charge in [0.05, 0.1) is 16.8 Å². The third-order valence-electron chi connectivity index (χ3n) is 13.4. The molecule has 7 aliphatic rings. The minimum Gasteiger partial charge on any atom is -0.457 e. The highest BCUT2D eigenvalue weighted by atomic mass is 16.5. The Morgan fingerprint density at radius 1 is 0.725 bits per heavy atom. The molecular weight excluding hydrogens is 621 g/mol. The summed E-state index contributed by atoms with van der Waals surface area (Å²) in [5.41, 5.74) is 10.9. The van der Waals surface area contributed by atoms with E-state index in [2.05, 4.69) is 122 Å². The molecule has 3 nitrogen and oxygen atoms in total. The molecule has 0 amide bonds. The standard InChI is InChI=1S/C48H48N2O/c1-31-45(33-14-4-2-5-15-33)49-47(35-16-6-3-7-17-35)50-46(31)34-26-24-32(25-27-34)36-28-29-38-37-18-8-9-19-39(37)48(42(38)30-36)40-20-10-12-22-43(40)51-44-23-13-11-21-41(44)48/h3,6-8,10-14,16,18,20-24,26,28,30,32,34-35,37-39H,2,4-5,9,15,17,19,25,27,29H2,1H3. The molecule has 10 rings (SSSR count). The Kier molecular flexibility index (Phi) is 7.73. The third kappa shape index (κ3) is 4.98. The summed E-state index contributed by atoms with van der Waals surface area (Å²) in [5.74, 6) is 5.65. The van der Waals surface area contributed by atoms with Gasteiger partial charge in [-0.2, -0.15) is 0 Å². The maximum absolute atomic E-state index is 6.63. The predicted molar refractivity (Wildman–Crippen MR) is 207 cm³/mol. The zero-order valence-corrected chi connectivity index (χ0v) is 29.8. The molecule has 3 aromatic rings. The van der Waals surface area contributed by atoms with Crippen LogP contribution in [0.4, 0.5) is 0 Å². The van der Waals surface area contributed by atoms with Crippen molar-refractivity contribution in [2.45, 2.75) is 88.4 Å². The number of aromatic nitrogens is 2. The fraction of sp³-hybridized carbons (Fsp3) is 0.375. The maximum Gasteiger partial charge on any atom is 0.136 e. The molecule has 1 aliphatic heterocycles. The molecule has 0 saturated heterocycles. The van der Waals surface area contributed by atoms with Crippen LogP contribution in [0.3, 0.4) is 0 Å². The van der Waals surface area contributed by atoms with Gasteiger partial charge in [0.15, 0.2) is 0 Å². The number of hydrogen-bond acceptors (Lipinski definition) is 3. The van der Waals surface area contributed by atoms with Crippen LogP contribution < -0.4 is 4.74 Å². The van der Waals surface area contributed by atoms with E-state index in [0.717, 1.165) is 62.3 Å². The fourth-order valence-electron chi connectivity index (χ4n) is 11.0. The highest BCUT2D eigenvalue weighted by molar-refractivity contribution is 5.68. The fourth-order valence-corrected chi connectivity index (χ4v) is 11.0. The average molecular weight is 669 g/mol. The molecule has 1 spiro atoms. The Bertz CT molecular complexity index is 2060. The number of hydrogen-bond donors (Lipinski definition) is 0.